The lowest BCUT2D eigenvalue weighted by atomic mass is 9.89. The Hall–Kier alpha value is -8.40. The van der Waals surface area contributed by atoms with E-state index >= 15 is 0 Å². The van der Waals surface area contributed by atoms with Crippen LogP contribution >= 0.6 is 0 Å². The van der Waals surface area contributed by atoms with Crippen molar-refractivity contribution in [3.8, 4) is 78.4 Å². The highest BCUT2D eigenvalue weighted by molar-refractivity contribution is 6.16. The fraction of sp³-hybridized carbons (Fsp3) is 0. The number of fused-ring (bicyclic) bond motifs is 6. The zero-order valence-electron chi connectivity index (χ0n) is 34.2. The first-order valence-electron chi connectivity index (χ1n) is 21.4. The molecule has 0 N–H and O–H groups in total. The molecular weight excluding hydrogens is 765 g/mol. The van der Waals surface area contributed by atoms with Crippen molar-refractivity contribution in [2.45, 2.75) is 0 Å². The Morgan fingerprint density at radius 1 is 0.286 bits per heavy atom. The van der Waals surface area contributed by atoms with Gasteiger partial charge in [-0.3, -0.25) is 0 Å². The number of hydrogen-bond donors (Lipinski definition) is 0. The lowest BCUT2D eigenvalue weighted by Gasteiger charge is -2.15. The van der Waals surface area contributed by atoms with Crippen LogP contribution in [0.15, 0.2) is 235 Å². The van der Waals surface area contributed by atoms with Crippen LogP contribution in [0.1, 0.15) is 0 Å². The van der Waals surface area contributed by atoms with Crippen molar-refractivity contribution in [2.24, 2.45) is 0 Å². The molecule has 0 atom stereocenters. The van der Waals surface area contributed by atoms with Gasteiger partial charge in [0.25, 0.3) is 0 Å². The standard InChI is InChI=1S/C60H38N2O/c1-4-16-39(17-5-1)45-34-46(36-47(35-45)54-37-44-22-10-11-23-48(44)50-24-12-13-25-51(50)54)40-28-30-43(31-29-40)56-38-55(42-20-8-3-9-21-42)61-60(62-56)53-33-32-49(41-18-6-2-7-19-41)59-58(53)52-26-14-15-27-57(52)63-59/h1-38H. The maximum absolute atomic E-state index is 6.64. The number of rotatable bonds is 7. The first-order chi connectivity index (χ1) is 31.2. The number of aromatic nitrogens is 2. The summed E-state index contributed by atoms with van der Waals surface area (Å²) < 4.78 is 6.64. The zero-order valence-corrected chi connectivity index (χ0v) is 34.2. The van der Waals surface area contributed by atoms with Gasteiger partial charge < -0.3 is 4.42 Å². The summed E-state index contributed by atoms with van der Waals surface area (Å²) in [5.74, 6) is 0.648. The lowest BCUT2D eigenvalue weighted by Crippen LogP contribution is -1.97. The van der Waals surface area contributed by atoms with Crippen molar-refractivity contribution >= 4 is 43.5 Å². The second-order valence-electron chi connectivity index (χ2n) is 16.1. The largest absolute Gasteiger partial charge is 0.455 e. The van der Waals surface area contributed by atoms with E-state index < -0.39 is 0 Å². The van der Waals surface area contributed by atoms with Gasteiger partial charge in [0, 0.05) is 33.0 Å². The fourth-order valence-electron chi connectivity index (χ4n) is 9.21. The van der Waals surface area contributed by atoms with Gasteiger partial charge in [-0.2, -0.15) is 0 Å². The number of nitrogens with zero attached hydrogens (tertiary/aromatic N) is 2. The molecule has 63 heavy (non-hydrogen) atoms. The van der Waals surface area contributed by atoms with Crippen molar-refractivity contribution in [3.05, 3.63) is 231 Å². The topological polar surface area (TPSA) is 38.9 Å². The van der Waals surface area contributed by atoms with Gasteiger partial charge in [0.15, 0.2) is 5.82 Å². The van der Waals surface area contributed by atoms with Gasteiger partial charge in [-0.25, -0.2) is 9.97 Å². The van der Waals surface area contributed by atoms with E-state index in [4.69, 9.17) is 14.4 Å². The molecule has 0 spiro atoms. The molecule has 12 rings (SSSR count). The third-order valence-electron chi connectivity index (χ3n) is 12.3. The summed E-state index contributed by atoms with van der Waals surface area (Å²) >= 11 is 0. The highest BCUT2D eigenvalue weighted by atomic mass is 16.3. The van der Waals surface area contributed by atoms with Crippen molar-refractivity contribution < 1.29 is 4.42 Å². The van der Waals surface area contributed by atoms with Gasteiger partial charge in [0.1, 0.15) is 11.2 Å². The van der Waals surface area contributed by atoms with E-state index in [2.05, 4.69) is 206 Å². The predicted octanol–water partition coefficient (Wildman–Crippen LogP) is 16.4. The van der Waals surface area contributed by atoms with Gasteiger partial charge in [0.2, 0.25) is 0 Å². The lowest BCUT2D eigenvalue weighted by molar-refractivity contribution is 0.670. The Morgan fingerprint density at radius 3 is 1.48 bits per heavy atom. The van der Waals surface area contributed by atoms with Gasteiger partial charge in [0.05, 0.1) is 11.4 Å². The van der Waals surface area contributed by atoms with E-state index in [1.54, 1.807) is 0 Å². The van der Waals surface area contributed by atoms with Crippen LogP contribution in [0.5, 0.6) is 0 Å². The molecule has 0 fully saturated rings. The first-order valence-corrected chi connectivity index (χ1v) is 21.4. The monoisotopic (exact) mass is 802 g/mol. The van der Waals surface area contributed by atoms with Crippen LogP contribution in [0.2, 0.25) is 0 Å². The fourth-order valence-corrected chi connectivity index (χ4v) is 9.21. The first kappa shape index (κ1) is 36.5. The van der Waals surface area contributed by atoms with Crippen LogP contribution in [0.4, 0.5) is 0 Å². The Morgan fingerprint density at radius 2 is 0.778 bits per heavy atom. The number of hydrogen-bond acceptors (Lipinski definition) is 3. The second kappa shape index (κ2) is 15.3. The molecule has 0 radical (unpaired) electrons. The summed E-state index contributed by atoms with van der Waals surface area (Å²) in [5.41, 5.74) is 15.5. The molecule has 0 saturated carbocycles. The molecule has 0 bridgehead atoms. The van der Waals surface area contributed by atoms with Crippen molar-refractivity contribution in [2.75, 3.05) is 0 Å². The van der Waals surface area contributed by atoms with E-state index in [1.165, 1.54) is 43.8 Å². The molecule has 2 aromatic heterocycles. The Labute approximate surface area is 365 Å². The zero-order chi connectivity index (χ0) is 41.7. The second-order valence-corrected chi connectivity index (χ2v) is 16.1. The van der Waals surface area contributed by atoms with Crippen LogP contribution in [0, 0.1) is 0 Å². The van der Waals surface area contributed by atoms with E-state index in [-0.39, 0.29) is 0 Å². The maximum Gasteiger partial charge on any atom is 0.161 e. The van der Waals surface area contributed by atoms with E-state index in [0.717, 1.165) is 72.3 Å². The summed E-state index contributed by atoms with van der Waals surface area (Å²) in [4.78, 5) is 10.6. The number of furan rings is 1. The average Bonchev–Trinajstić information content (AvgIpc) is 3.76. The highest BCUT2D eigenvalue weighted by Gasteiger charge is 2.20. The molecule has 0 aliphatic carbocycles. The molecule has 0 aliphatic rings. The smallest absolute Gasteiger partial charge is 0.161 e. The van der Waals surface area contributed by atoms with Crippen LogP contribution in [-0.2, 0) is 0 Å². The van der Waals surface area contributed by atoms with Gasteiger partial charge >= 0.3 is 0 Å². The molecule has 294 valence electrons. The van der Waals surface area contributed by atoms with E-state index in [1.807, 2.05) is 24.3 Å². The molecule has 0 saturated heterocycles. The minimum Gasteiger partial charge on any atom is -0.455 e. The van der Waals surface area contributed by atoms with Crippen LogP contribution < -0.4 is 0 Å². The minimum atomic E-state index is 0.648. The Bertz CT molecular complexity index is 3650. The molecule has 0 amide bonds. The van der Waals surface area contributed by atoms with Crippen molar-refractivity contribution in [1.82, 2.24) is 9.97 Å². The summed E-state index contributed by atoms with van der Waals surface area (Å²) in [5, 5.41) is 7.04. The summed E-state index contributed by atoms with van der Waals surface area (Å²) in [6.07, 6.45) is 0. The molecule has 0 unspecified atom stereocenters. The van der Waals surface area contributed by atoms with Crippen LogP contribution in [-0.4, -0.2) is 9.97 Å². The summed E-state index contributed by atoms with van der Waals surface area (Å²) in [7, 11) is 0. The summed E-state index contributed by atoms with van der Waals surface area (Å²) in [6.45, 7) is 0. The quantitative estimate of drug-likeness (QED) is 0.151. The van der Waals surface area contributed by atoms with Gasteiger partial charge in [-0.15, -0.1) is 0 Å². The molecule has 2 heterocycles. The SMILES string of the molecule is c1ccc(-c2cc(-c3ccc(-c4cc(-c5ccccc5)nc(-c5ccc(-c6ccccc6)c6oc7ccccc7c56)n4)cc3)cc(-c3cc4ccccc4c4ccccc34)c2)cc1. The molecule has 3 heteroatoms. The molecular formula is C60H38N2O. The van der Waals surface area contributed by atoms with E-state index in [9.17, 15) is 0 Å². The summed E-state index contributed by atoms with van der Waals surface area (Å²) in [6, 6.07) is 81.7. The molecule has 3 nitrogen and oxygen atoms in total. The maximum atomic E-state index is 6.64. The van der Waals surface area contributed by atoms with Crippen molar-refractivity contribution in [1.29, 1.82) is 0 Å². The third kappa shape index (κ3) is 6.55. The third-order valence-corrected chi connectivity index (χ3v) is 12.3. The van der Waals surface area contributed by atoms with Crippen molar-refractivity contribution in [3.63, 3.8) is 0 Å². The molecule has 0 aliphatic heterocycles. The Balaban J connectivity index is 1.01. The van der Waals surface area contributed by atoms with Crippen LogP contribution in [0.25, 0.3) is 122 Å². The average molecular weight is 803 g/mol. The Kier molecular flexibility index (Phi) is 8.83. The van der Waals surface area contributed by atoms with Gasteiger partial charge in [-0.1, -0.05) is 182 Å². The normalized spacial score (nSPS) is 11.5. The van der Waals surface area contributed by atoms with E-state index in [0.29, 0.717) is 5.82 Å². The van der Waals surface area contributed by atoms with Gasteiger partial charge in [-0.05, 0) is 109 Å². The van der Waals surface area contributed by atoms with Crippen LogP contribution in [0.3, 0.4) is 0 Å². The number of para-hydroxylation sites is 1. The highest BCUT2D eigenvalue weighted by Crippen LogP contribution is 2.43. The predicted molar refractivity (Wildman–Crippen MR) is 262 cm³/mol. The molecule has 10 aromatic carbocycles. The minimum absolute atomic E-state index is 0.648. The molecule has 12 aromatic rings. The number of benzene rings is 10.